The fourth-order valence-electron chi connectivity index (χ4n) is 2.78. The van der Waals surface area contributed by atoms with Crippen molar-refractivity contribution in [1.82, 2.24) is 20.5 Å². The van der Waals surface area contributed by atoms with Gasteiger partial charge in [0.05, 0.1) is 12.2 Å². The molecule has 0 saturated heterocycles. The molecule has 2 N–H and O–H groups in total. The Hall–Kier alpha value is -1.19. The maximum absolute atomic E-state index is 4.66. The van der Waals surface area contributed by atoms with Crippen LogP contribution >= 0.6 is 35.3 Å². The second-order valence-corrected chi connectivity index (χ2v) is 7.82. The number of guanidine groups is 1. The molecule has 1 aromatic carbocycles. The molecule has 0 spiro atoms. The molecule has 2 rings (SSSR count). The van der Waals surface area contributed by atoms with E-state index in [1.165, 1.54) is 11.1 Å². The van der Waals surface area contributed by atoms with Gasteiger partial charge < -0.3 is 10.6 Å². The summed E-state index contributed by atoms with van der Waals surface area (Å²) >= 11 is 1.70. The van der Waals surface area contributed by atoms with Crippen LogP contribution in [0.5, 0.6) is 0 Å². The SMILES string of the molecule is CCN(CC)Cc1cccc(CNC(=NC)NCc2nc(C(C)C)cs2)c1.I. The number of benzene rings is 1. The Kier molecular flexibility index (Phi) is 11.6. The minimum Gasteiger partial charge on any atom is -0.352 e. The standard InChI is InChI=1S/C21H33N5S.HI/c1-6-26(7-2)14-18-10-8-9-17(11-18)12-23-21(22-5)24-13-20-25-19(15-27-20)16(3)4;/h8-11,15-16H,6-7,12-14H2,1-5H3,(H2,22,23,24);1H. The highest BCUT2D eigenvalue weighted by molar-refractivity contribution is 14.0. The van der Waals surface area contributed by atoms with Gasteiger partial charge in [-0.3, -0.25) is 9.89 Å². The third-order valence-electron chi connectivity index (χ3n) is 4.54. The number of nitrogens with zero attached hydrogens (tertiary/aromatic N) is 3. The lowest BCUT2D eigenvalue weighted by Gasteiger charge is -2.18. The van der Waals surface area contributed by atoms with Gasteiger partial charge in [0.25, 0.3) is 0 Å². The molecule has 0 fully saturated rings. The van der Waals surface area contributed by atoms with E-state index in [1.54, 1.807) is 18.4 Å². The number of hydrogen-bond acceptors (Lipinski definition) is 4. The predicted octanol–water partition coefficient (Wildman–Crippen LogP) is 4.59. The Morgan fingerprint density at radius 3 is 2.43 bits per heavy atom. The van der Waals surface area contributed by atoms with E-state index in [-0.39, 0.29) is 24.0 Å². The first-order valence-corrected chi connectivity index (χ1v) is 10.6. The molecule has 0 bridgehead atoms. The molecule has 0 atom stereocenters. The van der Waals surface area contributed by atoms with E-state index in [1.807, 2.05) is 0 Å². The monoisotopic (exact) mass is 515 g/mol. The Labute approximate surface area is 191 Å². The summed E-state index contributed by atoms with van der Waals surface area (Å²) in [6.45, 7) is 13.3. The van der Waals surface area contributed by atoms with Crippen LogP contribution in [0.4, 0.5) is 0 Å². The van der Waals surface area contributed by atoms with Crippen molar-refractivity contribution < 1.29 is 0 Å². The lowest BCUT2D eigenvalue weighted by molar-refractivity contribution is 0.296. The number of rotatable bonds is 9. The number of hydrogen-bond donors (Lipinski definition) is 2. The Morgan fingerprint density at radius 1 is 1.14 bits per heavy atom. The topological polar surface area (TPSA) is 52.5 Å². The Bertz CT molecular complexity index is 725. The Morgan fingerprint density at radius 2 is 1.82 bits per heavy atom. The van der Waals surface area contributed by atoms with Crippen molar-refractivity contribution in [3.8, 4) is 0 Å². The van der Waals surface area contributed by atoms with Gasteiger partial charge in [-0.2, -0.15) is 0 Å². The second-order valence-electron chi connectivity index (χ2n) is 6.88. The van der Waals surface area contributed by atoms with E-state index in [9.17, 15) is 0 Å². The van der Waals surface area contributed by atoms with Gasteiger partial charge in [0.1, 0.15) is 5.01 Å². The summed E-state index contributed by atoms with van der Waals surface area (Å²) in [4.78, 5) is 11.4. The van der Waals surface area contributed by atoms with Gasteiger partial charge in [0.15, 0.2) is 5.96 Å². The average molecular weight is 516 g/mol. The predicted molar refractivity (Wildman–Crippen MR) is 132 cm³/mol. The summed E-state index contributed by atoms with van der Waals surface area (Å²) < 4.78 is 0. The summed E-state index contributed by atoms with van der Waals surface area (Å²) in [5.74, 6) is 1.27. The average Bonchev–Trinajstić information content (AvgIpc) is 3.16. The largest absolute Gasteiger partial charge is 0.352 e. The summed E-state index contributed by atoms with van der Waals surface area (Å²) in [6.07, 6.45) is 0. The van der Waals surface area contributed by atoms with Crippen molar-refractivity contribution in [2.24, 2.45) is 4.99 Å². The van der Waals surface area contributed by atoms with Crippen LogP contribution in [0.3, 0.4) is 0 Å². The van der Waals surface area contributed by atoms with Crippen molar-refractivity contribution in [2.45, 2.75) is 53.2 Å². The van der Waals surface area contributed by atoms with Gasteiger partial charge in [0.2, 0.25) is 0 Å². The molecule has 0 amide bonds. The number of thiazole rings is 1. The zero-order chi connectivity index (χ0) is 19.6. The number of nitrogens with one attached hydrogen (secondary N) is 2. The van der Waals surface area contributed by atoms with E-state index >= 15 is 0 Å². The Balaban J connectivity index is 0.00000392. The van der Waals surface area contributed by atoms with Crippen LogP contribution in [0, 0.1) is 0 Å². The molecule has 0 radical (unpaired) electrons. The van der Waals surface area contributed by atoms with Crippen LogP contribution < -0.4 is 10.6 Å². The van der Waals surface area contributed by atoms with Gasteiger partial charge in [-0.25, -0.2) is 4.98 Å². The molecule has 5 nitrogen and oxygen atoms in total. The maximum atomic E-state index is 4.66. The van der Waals surface area contributed by atoms with Gasteiger partial charge >= 0.3 is 0 Å². The first-order chi connectivity index (χ1) is 13.0. The highest BCUT2D eigenvalue weighted by Crippen LogP contribution is 2.17. The van der Waals surface area contributed by atoms with Crippen LogP contribution in [-0.4, -0.2) is 36.0 Å². The molecule has 7 heteroatoms. The zero-order valence-electron chi connectivity index (χ0n) is 17.7. The first kappa shape index (κ1) is 24.8. The molecule has 1 aromatic heterocycles. The van der Waals surface area contributed by atoms with Crippen LogP contribution in [0.2, 0.25) is 0 Å². The highest BCUT2D eigenvalue weighted by Gasteiger charge is 2.07. The second kappa shape index (κ2) is 13.1. The number of aromatic nitrogens is 1. The minimum absolute atomic E-state index is 0. The van der Waals surface area contributed by atoms with Crippen LogP contribution in [0.15, 0.2) is 34.6 Å². The molecular formula is C21H34IN5S. The van der Waals surface area contributed by atoms with Crippen LogP contribution in [0.1, 0.15) is 55.4 Å². The summed E-state index contributed by atoms with van der Waals surface area (Å²) in [5.41, 5.74) is 3.77. The van der Waals surface area contributed by atoms with E-state index in [0.29, 0.717) is 12.5 Å². The lowest BCUT2D eigenvalue weighted by Crippen LogP contribution is -2.36. The van der Waals surface area contributed by atoms with Crippen LogP contribution in [0.25, 0.3) is 0 Å². The molecule has 0 unspecified atom stereocenters. The normalized spacial score (nSPS) is 11.6. The van der Waals surface area contributed by atoms with Gasteiger partial charge in [-0.15, -0.1) is 35.3 Å². The quantitative estimate of drug-likeness (QED) is 0.292. The zero-order valence-corrected chi connectivity index (χ0v) is 20.8. The van der Waals surface area contributed by atoms with Gasteiger partial charge in [-0.05, 0) is 30.1 Å². The van der Waals surface area contributed by atoms with Crippen molar-refractivity contribution >= 4 is 41.3 Å². The van der Waals surface area contributed by atoms with E-state index < -0.39 is 0 Å². The highest BCUT2D eigenvalue weighted by atomic mass is 127. The van der Waals surface area contributed by atoms with Crippen molar-refractivity contribution in [2.75, 3.05) is 20.1 Å². The minimum atomic E-state index is 0. The van der Waals surface area contributed by atoms with E-state index in [0.717, 1.165) is 42.8 Å². The van der Waals surface area contributed by atoms with E-state index in [2.05, 4.69) is 82.9 Å². The third-order valence-corrected chi connectivity index (χ3v) is 5.41. The molecule has 0 aliphatic heterocycles. The summed E-state index contributed by atoms with van der Waals surface area (Å²) in [7, 11) is 1.80. The van der Waals surface area contributed by atoms with Crippen molar-refractivity contribution in [1.29, 1.82) is 0 Å². The molecular weight excluding hydrogens is 481 g/mol. The third kappa shape index (κ3) is 8.05. The van der Waals surface area contributed by atoms with E-state index in [4.69, 9.17) is 0 Å². The first-order valence-electron chi connectivity index (χ1n) is 9.74. The molecule has 156 valence electrons. The van der Waals surface area contributed by atoms with Crippen molar-refractivity contribution in [3.63, 3.8) is 0 Å². The molecule has 28 heavy (non-hydrogen) atoms. The molecule has 1 heterocycles. The molecule has 0 aliphatic carbocycles. The fourth-order valence-corrected chi connectivity index (χ4v) is 3.68. The summed E-state index contributed by atoms with van der Waals surface area (Å²) in [6, 6.07) is 8.76. The number of aliphatic imine (C=N–C) groups is 1. The fraction of sp³-hybridized carbons (Fsp3) is 0.524. The lowest BCUT2D eigenvalue weighted by atomic mass is 10.1. The smallest absolute Gasteiger partial charge is 0.191 e. The number of halogens is 1. The van der Waals surface area contributed by atoms with Crippen molar-refractivity contribution in [3.05, 3.63) is 51.5 Å². The molecule has 2 aromatic rings. The van der Waals surface area contributed by atoms with Crippen LogP contribution in [-0.2, 0) is 19.6 Å². The molecule has 0 saturated carbocycles. The van der Waals surface area contributed by atoms with Gasteiger partial charge in [-0.1, -0.05) is 52.0 Å². The molecule has 0 aliphatic rings. The van der Waals surface area contributed by atoms with Gasteiger partial charge in [0, 0.05) is 25.5 Å². The summed E-state index contributed by atoms with van der Waals surface area (Å²) in [5, 5.41) is 9.97. The maximum Gasteiger partial charge on any atom is 0.191 e.